The third-order valence-corrected chi connectivity index (χ3v) is 5.76. The van der Waals surface area contributed by atoms with Gasteiger partial charge in [0.2, 0.25) is 5.89 Å². The molecule has 0 spiro atoms. The van der Waals surface area contributed by atoms with E-state index in [1.165, 1.54) is 0 Å². The highest BCUT2D eigenvalue weighted by molar-refractivity contribution is 6.07. The number of aryl methyl sites for hydroxylation is 1. The molecule has 32 heavy (non-hydrogen) atoms. The molecule has 1 amide bonds. The number of carbonyl (C=O) groups excluding carboxylic acids is 1. The number of pyridine rings is 1. The second-order valence-corrected chi connectivity index (χ2v) is 11.5. The van der Waals surface area contributed by atoms with Crippen molar-refractivity contribution in [2.45, 2.75) is 97.6 Å². The molecule has 1 saturated carbocycles. The number of nitrogens with one attached hydrogen (secondary N) is 1. The van der Waals surface area contributed by atoms with Gasteiger partial charge in [0.05, 0.1) is 27.7 Å². The smallest absolute Gasteiger partial charge is 0.252 e. The molecule has 4 rings (SSSR count). The fourth-order valence-corrected chi connectivity index (χ4v) is 3.73. The van der Waals surface area contributed by atoms with Gasteiger partial charge < -0.3 is 9.84 Å². The Labute approximate surface area is 189 Å². The van der Waals surface area contributed by atoms with Gasteiger partial charge in [-0.3, -0.25) is 4.79 Å². The van der Waals surface area contributed by atoms with Crippen molar-refractivity contribution in [1.29, 1.82) is 0 Å². The van der Waals surface area contributed by atoms with Gasteiger partial charge in [0.25, 0.3) is 5.91 Å². The average molecular weight is 439 g/mol. The fraction of sp³-hybridized carbons (Fsp3) is 0.625. The quantitative estimate of drug-likeness (QED) is 0.633. The second-order valence-electron chi connectivity index (χ2n) is 11.5. The first-order valence-electron chi connectivity index (χ1n) is 11.3. The van der Waals surface area contributed by atoms with Crippen molar-refractivity contribution < 1.29 is 9.32 Å². The molecule has 0 radical (unpaired) electrons. The number of carbonyl (C=O) groups is 1. The van der Waals surface area contributed by atoms with Crippen molar-refractivity contribution in [2.75, 3.05) is 0 Å². The van der Waals surface area contributed by atoms with E-state index in [1.54, 1.807) is 0 Å². The van der Waals surface area contributed by atoms with Crippen LogP contribution in [0, 0.1) is 6.92 Å². The van der Waals surface area contributed by atoms with Crippen LogP contribution in [0.1, 0.15) is 108 Å². The van der Waals surface area contributed by atoms with E-state index in [2.05, 4.69) is 36.2 Å². The van der Waals surface area contributed by atoms with Crippen LogP contribution in [0.2, 0.25) is 0 Å². The molecule has 3 heterocycles. The highest BCUT2D eigenvalue weighted by atomic mass is 16.5. The lowest BCUT2D eigenvalue weighted by Crippen LogP contribution is -2.42. The van der Waals surface area contributed by atoms with Crippen LogP contribution in [0.4, 0.5) is 0 Å². The summed E-state index contributed by atoms with van der Waals surface area (Å²) in [5, 5.41) is 12.8. The van der Waals surface area contributed by atoms with Crippen molar-refractivity contribution in [3.05, 3.63) is 34.7 Å². The number of hydrogen-bond donors (Lipinski definition) is 1. The minimum Gasteiger partial charge on any atom is -0.340 e. The summed E-state index contributed by atoms with van der Waals surface area (Å²) in [5.41, 5.74) is 1.79. The average Bonchev–Trinajstić information content (AvgIpc) is 3.25. The van der Waals surface area contributed by atoms with Crippen LogP contribution in [0.5, 0.6) is 0 Å². The number of nitrogens with zero attached hydrogens (tertiary/aromatic N) is 5. The van der Waals surface area contributed by atoms with Crippen LogP contribution in [0.25, 0.3) is 11.0 Å². The van der Waals surface area contributed by atoms with Crippen molar-refractivity contribution >= 4 is 16.9 Å². The summed E-state index contributed by atoms with van der Waals surface area (Å²) in [6, 6.07) is 1.93. The lowest BCUT2D eigenvalue weighted by Gasteiger charge is -2.23. The molecule has 3 aromatic rings. The van der Waals surface area contributed by atoms with Gasteiger partial charge in [-0.25, -0.2) is 9.67 Å². The molecule has 0 saturated heterocycles. The van der Waals surface area contributed by atoms with Crippen molar-refractivity contribution in [3.63, 3.8) is 0 Å². The van der Waals surface area contributed by atoms with E-state index in [0.717, 1.165) is 35.3 Å². The predicted molar refractivity (Wildman–Crippen MR) is 123 cm³/mol. The predicted octanol–water partition coefficient (Wildman–Crippen LogP) is 4.72. The maximum atomic E-state index is 13.6. The van der Waals surface area contributed by atoms with Gasteiger partial charge in [-0.2, -0.15) is 10.1 Å². The van der Waals surface area contributed by atoms with Crippen LogP contribution in [-0.2, 0) is 16.5 Å². The monoisotopic (exact) mass is 438 g/mol. The highest BCUT2D eigenvalue weighted by Crippen LogP contribution is 2.41. The molecule has 1 aliphatic carbocycles. The Bertz CT molecular complexity index is 1190. The Morgan fingerprint density at radius 3 is 2.28 bits per heavy atom. The summed E-state index contributed by atoms with van der Waals surface area (Å²) < 4.78 is 7.39. The molecular weight excluding hydrogens is 404 g/mol. The first-order valence-corrected chi connectivity index (χ1v) is 11.3. The molecule has 3 aromatic heterocycles. The Balaban J connectivity index is 1.76. The molecule has 8 heteroatoms. The van der Waals surface area contributed by atoms with E-state index < -0.39 is 5.54 Å². The van der Waals surface area contributed by atoms with Gasteiger partial charge in [-0.1, -0.05) is 25.9 Å². The third-order valence-electron chi connectivity index (χ3n) is 5.76. The number of fused-ring (bicyclic) bond motifs is 1. The summed E-state index contributed by atoms with van der Waals surface area (Å²) in [4.78, 5) is 23.1. The topological polar surface area (TPSA) is 98.7 Å². The Kier molecular flexibility index (Phi) is 4.99. The zero-order chi connectivity index (χ0) is 23.6. The molecule has 0 aromatic carbocycles. The molecule has 0 unspecified atom stereocenters. The van der Waals surface area contributed by atoms with Crippen molar-refractivity contribution in [2.24, 2.45) is 0 Å². The third kappa shape index (κ3) is 4.02. The zero-order valence-electron chi connectivity index (χ0n) is 20.6. The van der Waals surface area contributed by atoms with Gasteiger partial charge in [-0.15, -0.1) is 0 Å². The van der Waals surface area contributed by atoms with E-state index >= 15 is 0 Å². The van der Waals surface area contributed by atoms with Gasteiger partial charge in [-0.05, 0) is 60.5 Å². The van der Waals surface area contributed by atoms with Crippen LogP contribution < -0.4 is 5.32 Å². The second kappa shape index (κ2) is 7.12. The molecule has 0 aliphatic heterocycles. The van der Waals surface area contributed by atoms with E-state index in [-0.39, 0.29) is 16.9 Å². The lowest BCUT2D eigenvalue weighted by atomic mass is 9.96. The highest BCUT2D eigenvalue weighted by Gasteiger charge is 2.34. The normalized spacial score (nSPS) is 15.4. The van der Waals surface area contributed by atoms with Crippen LogP contribution in [0.3, 0.4) is 0 Å². The standard InChI is InChI=1S/C24H34N6O2/c1-13-17-15(12-16(14-10-11-14)25-18(17)30(28-13)23(5,6)7)19(31)27-24(8,9)20-26-21(32-29-20)22(2,3)4/h12,14H,10-11H2,1-9H3,(H,27,31). The molecule has 0 atom stereocenters. The number of rotatable bonds is 4. The molecular formula is C24H34N6O2. The van der Waals surface area contributed by atoms with E-state index in [9.17, 15) is 4.79 Å². The number of hydrogen-bond acceptors (Lipinski definition) is 6. The summed E-state index contributed by atoms with van der Waals surface area (Å²) in [6.45, 7) is 18.0. The number of aromatic nitrogens is 5. The molecule has 1 N–H and O–H groups in total. The van der Waals surface area contributed by atoms with Crippen LogP contribution >= 0.6 is 0 Å². The Morgan fingerprint density at radius 2 is 1.75 bits per heavy atom. The zero-order valence-corrected chi connectivity index (χ0v) is 20.6. The van der Waals surface area contributed by atoms with Gasteiger partial charge in [0.1, 0.15) is 0 Å². The first-order chi connectivity index (χ1) is 14.7. The molecule has 1 aliphatic rings. The summed E-state index contributed by atoms with van der Waals surface area (Å²) in [5.74, 6) is 1.21. The summed E-state index contributed by atoms with van der Waals surface area (Å²) in [6.07, 6.45) is 2.21. The maximum absolute atomic E-state index is 13.6. The fourth-order valence-electron chi connectivity index (χ4n) is 3.73. The summed E-state index contributed by atoms with van der Waals surface area (Å²) >= 11 is 0. The molecule has 0 bridgehead atoms. The molecule has 1 fully saturated rings. The Morgan fingerprint density at radius 1 is 1.09 bits per heavy atom. The minimum absolute atomic E-state index is 0.192. The van der Waals surface area contributed by atoms with Gasteiger partial charge >= 0.3 is 0 Å². The number of amides is 1. The largest absolute Gasteiger partial charge is 0.340 e. The molecule has 172 valence electrons. The molecule has 8 nitrogen and oxygen atoms in total. The minimum atomic E-state index is -0.812. The maximum Gasteiger partial charge on any atom is 0.252 e. The van der Waals surface area contributed by atoms with E-state index in [4.69, 9.17) is 14.6 Å². The lowest BCUT2D eigenvalue weighted by molar-refractivity contribution is 0.0909. The van der Waals surface area contributed by atoms with Crippen molar-refractivity contribution in [3.8, 4) is 0 Å². The van der Waals surface area contributed by atoms with Crippen LogP contribution in [-0.4, -0.2) is 30.8 Å². The first kappa shape index (κ1) is 22.4. The van der Waals surface area contributed by atoms with Gasteiger partial charge in [0.15, 0.2) is 11.5 Å². The summed E-state index contributed by atoms with van der Waals surface area (Å²) in [7, 11) is 0. The SMILES string of the molecule is Cc1nn(C(C)(C)C)c2nc(C3CC3)cc(C(=O)NC(C)(C)c3noc(C(C)(C)C)n3)c12. The van der Waals surface area contributed by atoms with Crippen LogP contribution in [0.15, 0.2) is 10.6 Å². The van der Waals surface area contributed by atoms with Crippen molar-refractivity contribution in [1.82, 2.24) is 30.2 Å². The van der Waals surface area contributed by atoms with E-state index in [0.29, 0.717) is 23.2 Å². The van der Waals surface area contributed by atoms with E-state index in [1.807, 2.05) is 52.3 Å². The Hall–Kier alpha value is -2.77. The van der Waals surface area contributed by atoms with Gasteiger partial charge in [0, 0.05) is 17.0 Å².